The first kappa shape index (κ1) is 13.4. The molecule has 0 amide bonds. The van der Waals surface area contributed by atoms with E-state index in [1.807, 2.05) is 26.0 Å². The fraction of sp³-hybridized carbons (Fsp3) is 0.600. The zero-order valence-corrected chi connectivity index (χ0v) is 11.7. The summed E-state index contributed by atoms with van der Waals surface area (Å²) in [6.07, 6.45) is 2.59. The van der Waals surface area contributed by atoms with Gasteiger partial charge < -0.3 is 10.2 Å². The molecule has 2 nitrogen and oxygen atoms in total. The summed E-state index contributed by atoms with van der Waals surface area (Å²) in [6, 6.07) is 3.88. The molecule has 86 valence electrons. The van der Waals surface area contributed by atoms with Crippen molar-refractivity contribution in [3.63, 3.8) is 0 Å². The minimum absolute atomic E-state index is 0.233. The third kappa shape index (κ3) is 2.52. The van der Waals surface area contributed by atoms with E-state index in [2.05, 4.69) is 18.6 Å². The quantitative estimate of drug-likeness (QED) is 0.625. The molecule has 15 heavy (non-hydrogen) atoms. The largest absolute Gasteiger partial charge is 0.468 e. The van der Waals surface area contributed by atoms with Gasteiger partial charge in [-0.2, -0.15) is 0 Å². The molecular weight excluding hydrogens is 246 g/mol. The highest BCUT2D eigenvalue weighted by molar-refractivity contribution is 9.05. The molecule has 1 aromatic rings. The monoisotopic (exact) mass is 263 g/mol. The van der Waals surface area contributed by atoms with Crippen LogP contribution in [0.25, 0.3) is 0 Å². The number of rotatable bonds is 5. The van der Waals surface area contributed by atoms with E-state index in [4.69, 9.17) is 10.2 Å². The molecule has 1 atom stereocenters. The average molecular weight is 263 g/mol. The van der Waals surface area contributed by atoms with E-state index in [-0.39, 0.29) is 10.3 Å². The van der Waals surface area contributed by atoms with Crippen molar-refractivity contribution in [2.45, 2.75) is 37.5 Å². The normalized spacial score (nSPS) is 16.3. The van der Waals surface area contributed by atoms with Crippen LogP contribution in [-0.2, 0) is 4.75 Å². The Morgan fingerprint density at radius 2 is 2.20 bits per heavy atom. The highest BCUT2D eigenvalue weighted by atomic mass is 33.5. The van der Waals surface area contributed by atoms with E-state index in [0.717, 1.165) is 12.2 Å². The van der Waals surface area contributed by atoms with Crippen LogP contribution in [0.15, 0.2) is 22.8 Å². The van der Waals surface area contributed by atoms with Gasteiger partial charge in [0, 0.05) is 5.54 Å². The minimum atomic E-state index is -0.361. The number of furan rings is 1. The Kier molecular flexibility index (Phi) is 4.52. The summed E-state index contributed by atoms with van der Waals surface area (Å²) < 4.78 is 5.29. The lowest BCUT2D eigenvalue weighted by atomic mass is 9.83. The van der Waals surface area contributed by atoms with Gasteiger partial charge in [-0.15, -0.1) is 0 Å². The van der Waals surface area contributed by atoms with Gasteiger partial charge in [-0.1, -0.05) is 29.4 Å². The second kappa shape index (κ2) is 5.08. The molecule has 1 unspecified atom stereocenters. The van der Waals surface area contributed by atoms with Gasteiger partial charge in [0.05, 0.1) is 6.26 Å². The summed E-state index contributed by atoms with van der Waals surface area (Å²) >= 11 is 4.21. The van der Waals surface area contributed by atoms with Crippen LogP contribution in [0.4, 0.5) is 0 Å². The van der Waals surface area contributed by atoms with Crippen LogP contribution >= 0.6 is 32.3 Å². The van der Waals surface area contributed by atoms with Crippen molar-refractivity contribution >= 4 is 32.3 Å². The molecule has 0 aliphatic carbocycles. The molecule has 0 aliphatic heterocycles. The maximum atomic E-state index is 6.27. The van der Waals surface area contributed by atoms with Crippen molar-refractivity contribution in [3.05, 3.63) is 24.2 Å². The minimum Gasteiger partial charge on any atom is -0.468 e. The van der Waals surface area contributed by atoms with Crippen molar-refractivity contribution in [2.24, 2.45) is 5.73 Å². The molecular formula is C10H17NOS3. The SMILES string of the molecule is CCC(SSS)(c1ccco1)C(C)(C)N. The van der Waals surface area contributed by atoms with E-state index in [1.54, 1.807) is 17.1 Å². The standard InChI is InChI=1S/C10H17NOS3/c1-4-10(14-15-13,9(2,3)11)8-6-5-7-12-8/h5-7,13H,4,11H2,1-3H3. The van der Waals surface area contributed by atoms with Gasteiger partial charge in [0.25, 0.3) is 0 Å². The van der Waals surface area contributed by atoms with E-state index in [1.165, 1.54) is 9.83 Å². The van der Waals surface area contributed by atoms with Crippen molar-refractivity contribution in [3.8, 4) is 0 Å². The molecule has 0 aliphatic rings. The van der Waals surface area contributed by atoms with Crippen LogP contribution in [0, 0.1) is 0 Å². The van der Waals surface area contributed by atoms with Crippen molar-refractivity contribution in [1.29, 1.82) is 0 Å². The van der Waals surface area contributed by atoms with Gasteiger partial charge >= 0.3 is 0 Å². The predicted molar refractivity (Wildman–Crippen MR) is 73.1 cm³/mol. The molecule has 0 spiro atoms. The molecule has 0 radical (unpaired) electrons. The molecule has 0 fully saturated rings. The molecule has 5 heteroatoms. The summed E-state index contributed by atoms with van der Waals surface area (Å²) in [5.74, 6) is 0.920. The van der Waals surface area contributed by atoms with Crippen LogP contribution in [0.3, 0.4) is 0 Å². The summed E-state index contributed by atoms with van der Waals surface area (Å²) in [5.41, 5.74) is 5.91. The number of nitrogens with two attached hydrogens (primary N) is 1. The highest BCUT2D eigenvalue weighted by Crippen LogP contribution is 2.53. The Bertz CT molecular complexity index is 294. The highest BCUT2D eigenvalue weighted by Gasteiger charge is 2.45. The maximum Gasteiger partial charge on any atom is 0.122 e. The Morgan fingerprint density at radius 3 is 2.53 bits per heavy atom. The van der Waals surface area contributed by atoms with Gasteiger partial charge in [-0.05, 0) is 42.2 Å². The van der Waals surface area contributed by atoms with Gasteiger partial charge in [0.1, 0.15) is 10.5 Å². The smallest absolute Gasteiger partial charge is 0.122 e. The van der Waals surface area contributed by atoms with Gasteiger partial charge in [0.2, 0.25) is 0 Å². The maximum absolute atomic E-state index is 6.27. The lowest BCUT2D eigenvalue weighted by Gasteiger charge is -2.40. The van der Waals surface area contributed by atoms with E-state index < -0.39 is 0 Å². The van der Waals surface area contributed by atoms with E-state index >= 15 is 0 Å². The van der Waals surface area contributed by atoms with Gasteiger partial charge in [0.15, 0.2) is 0 Å². The van der Waals surface area contributed by atoms with Gasteiger partial charge in [-0.3, -0.25) is 0 Å². The number of hydrogen-bond donors (Lipinski definition) is 2. The average Bonchev–Trinajstić information content (AvgIpc) is 2.65. The van der Waals surface area contributed by atoms with E-state index in [0.29, 0.717) is 0 Å². The van der Waals surface area contributed by atoms with Crippen molar-refractivity contribution in [1.82, 2.24) is 0 Å². The van der Waals surface area contributed by atoms with E-state index in [9.17, 15) is 0 Å². The Hall–Kier alpha value is 0.290. The molecule has 1 rings (SSSR count). The fourth-order valence-corrected chi connectivity index (χ4v) is 5.16. The van der Waals surface area contributed by atoms with Crippen LogP contribution in [-0.4, -0.2) is 5.54 Å². The van der Waals surface area contributed by atoms with Crippen LogP contribution in [0.2, 0.25) is 0 Å². The second-order valence-electron chi connectivity index (χ2n) is 4.04. The summed E-state index contributed by atoms with van der Waals surface area (Å²) in [5, 5.41) is 0. The summed E-state index contributed by atoms with van der Waals surface area (Å²) in [7, 11) is 3.08. The molecule has 1 heterocycles. The molecule has 0 bridgehead atoms. The first-order chi connectivity index (χ1) is 6.98. The van der Waals surface area contributed by atoms with Crippen molar-refractivity contribution < 1.29 is 4.42 Å². The lowest BCUT2D eigenvalue weighted by Crippen LogP contribution is -2.51. The Balaban J connectivity index is 3.16. The zero-order valence-electron chi connectivity index (χ0n) is 9.19. The molecule has 0 aromatic carbocycles. The topological polar surface area (TPSA) is 39.2 Å². The second-order valence-corrected chi connectivity index (χ2v) is 7.34. The molecule has 1 aromatic heterocycles. The fourth-order valence-electron chi connectivity index (χ4n) is 1.73. The number of hydrogen-bond acceptors (Lipinski definition) is 5. The van der Waals surface area contributed by atoms with Gasteiger partial charge in [-0.25, -0.2) is 0 Å². The molecule has 2 N–H and O–H groups in total. The van der Waals surface area contributed by atoms with Crippen LogP contribution < -0.4 is 5.73 Å². The van der Waals surface area contributed by atoms with Crippen molar-refractivity contribution in [2.75, 3.05) is 0 Å². The first-order valence-electron chi connectivity index (χ1n) is 4.80. The Labute approximate surface area is 104 Å². The third-order valence-electron chi connectivity index (χ3n) is 2.64. The molecule has 0 saturated carbocycles. The first-order valence-corrected chi connectivity index (χ1v) is 8.00. The Morgan fingerprint density at radius 1 is 1.53 bits per heavy atom. The lowest BCUT2D eigenvalue weighted by molar-refractivity contribution is 0.307. The summed E-state index contributed by atoms with van der Waals surface area (Å²) in [4.78, 5) is 0. The van der Waals surface area contributed by atoms with Crippen LogP contribution in [0.1, 0.15) is 33.0 Å². The predicted octanol–water partition coefficient (Wildman–Crippen LogP) is 3.85. The molecule has 0 saturated heterocycles. The zero-order chi connectivity index (χ0) is 11.5. The third-order valence-corrected chi connectivity index (χ3v) is 5.76. The number of thiol groups is 1. The van der Waals surface area contributed by atoms with Crippen LogP contribution in [0.5, 0.6) is 0 Å². The summed E-state index contributed by atoms with van der Waals surface area (Å²) in [6.45, 7) is 6.17.